The summed E-state index contributed by atoms with van der Waals surface area (Å²) < 4.78 is 25.7. The summed E-state index contributed by atoms with van der Waals surface area (Å²) in [5.41, 5.74) is -2.50. The van der Waals surface area contributed by atoms with Crippen LogP contribution >= 0.6 is 0 Å². The van der Waals surface area contributed by atoms with Crippen molar-refractivity contribution in [2.75, 3.05) is 0 Å². The summed E-state index contributed by atoms with van der Waals surface area (Å²) >= 11 is 0. The maximum Gasteiger partial charge on any atom is 0.310 e. The van der Waals surface area contributed by atoms with E-state index in [1.165, 1.54) is 34.6 Å². The number of carboxylic acid groups (broad SMARTS) is 1. The van der Waals surface area contributed by atoms with Gasteiger partial charge >= 0.3 is 5.97 Å². The summed E-state index contributed by atoms with van der Waals surface area (Å²) in [5, 5.41) is 16.4. The van der Waals surface area contributed by atoms with Crippen molar-refractivity contribution in [3.05, 3.63) is 0 Å². The van der Waals surface area contributed by atoms with E-state index in [2.05, 4.69) is 4.72 Å². The molecular formula is C10H18N2O4S. The molecule has 0 saturated heterocycles. The van der Waals surface area contributed by atoms with E-state index in [9.17, 15) is 13.2 Å². The van der Waals surface area contributed by atoms with Crippen LogP contribution in [0.1, 0.15) is 34.6 Å². The first-order valence-corrected chi connectivity index (χ1v) is 6.59. The van der Waals surface area contributed by atoms with Gasteiger partial charge in [-0.25, -0.2) is 13.1 Å². The Morgan fingerprint density at radius 1 is 1.35 bits per heavy atom. The summed E-state index contributed by atoms with van der Waals surface area (Å²) in [5.74, 6) is -1.12. The molecule has 0 aromatic carbocycles. The van der Waals surface area contributed by atoms with Gasteiger partial charge in [-0.05, 0) is 34.6 Å². The Labute approximate surface area is 102 Å². The molecule has 17 heavy (non-hydrogen) atoms. The Morgan fingerprint density at radius 2 is 1.76 bits per heavy atom. The highest BCUT2D eigenvalue weighted by Gasteiger charge is 2.46. The minimum absolute atomic E-state index is 1.12. The highest BCUT2D eigenvalue weighted by molar-refractivity contribution is 7.90. The van der Waals surface area contributed by atoms with E-state index < -0.39 is 32.2 Å². The number of hydrogen-bond donors (Lipinski definition) is 2. The van der Waals surface area contributed by atoms with Gasteiger partial charge in [-0.1, -0.05) is 0 Å². The van der Waals surface area contributed by atoms with Gasteiger partial charge in [0.05, 0.1) is 11.5 Å². The van der Waals surface area contributed by atoms with Gasteiger partial charge in [0.1, 0.15) is 0 Å². The Hall–Kier alpha value is -1.13. The molecule has 0 rings (SSSR count). The summed E-state index contributed by atoms with van der Waals surface area (Å²) in [4.78, 5) is 11.1. The van der Waals surface area contributed by atoms with Crippen molar-refractivity contribution in [3.8, 4) is 6.07 Å². The van der Waals surface area contributed by atoms with Crippen molar-refractivity contribution < 1.29 is 18.3 Å². The van der Waals surface area contributed by atoms with Crippen LogP contribution < -0.4 is 4.72 Å². The lowest BCUT2D eigenvalue weighted by molar-refractivity contribution is -0.150. The first-order chi connectivity index (χ1) is 7.38. The number of aliphatic carboxylic acids is 1. The first-order valence-electron chi connectivity index (χ1n) is 5.04. The van der Waals surface area contributed by atoms with Crippen molar-refractivity contribution >= 4 is 16.0 Å². The monoisotopic (exact) mass is 262 g/mol. The normalized spacial score (nSPS) is 15.1. The maximum atomic E-state index is 11.7. The quantitative estimate of drug-likeness (QED) is 0.758. The number of carboxylic acids is 1. The molecule has 0 amide bonds. The van der Waals surface area contributed by atoms with Gasteiger partial charge in [0.2, 0.25) is 10.0 Å². The second-order valence-corrected chi connectivity index (χ2v) is 6.97. The number of sulfonamides is 1. The third kappa shape index (κ3) is 3.17. The zero-order valence-corrected chi connectivity index (χ0v) is 11.4. The zero-order valence-electron chi connectivity index (χ0n) is 10.6. The van der Waals surface area contributed by atoms with Crippen LogP contribution in [0.2, 0.25) is 0 Å². The molecule has 0 bridgehead atoms. The van der Waals surface area contributed by atoms with Crippen molar-refractivity contribution in [2.45, 2.75) is 45.4 Å². The lowest BCUT2D eigenvalue weighted by atomic mass is 9.75. The van der Waals surface area contributed by atoms with E-state index in [0.717, 1.165) is 0 Å². The number of hydrogen-bond acceptors (Lipinski definition) is 4. The van der Waals surface area contributed by atoms with Crippen LogP contribution in [-0.2, 0) is 14.8 Å². The lowest BCUT2D eigenvalue weighted by Crippen LogP contribution is -2.58. The first kappa shape index (κ1) is 15.9. The average Bonchev–Trinajstić information content (AvgIpc) is 2.14. The fourth-order valence-electron chi connectivity index (χ4n) is 0.908. The second kappa shape index (κ2) is 4.63. The standard InChI is InChI=1S/C10H18N2O4S/c1-7(6-11)17(15,16)12-10(4,5)9(2,3)8(13)14/h7,12H,1-5H3,(H,13,14). The van der Waals surface area contributed by atoms with Gasteiger partial charge < -0.3 is 5.11 Å². The van der Waals surface area contributed by atoms with Gasteiger partial charge in [0.25, 0.3) is 0 Å². The van der Waals surface area contributed by atoms with Crippen LogP contribution in [-0.4, -0.2) is 30.3 Å². The van der Waals surface area contributed by atoms with Crippen molar-refractivity contribution in [1.82, 2.24) is 4.72 Å². The van der Waals surface area contributed by atoms with Crippen molar-refractivity contribution in [2.24, 2.45) is 5.41 Å². The predicted octanol–water partition coefficient (Wildman–Crippen LogP) is 0.707. The Kier molecular flexibility index (Phi) is 4.32. The fraction of sp³-hybridized carbons (Fsp3) is 0.800. The summed E-state index contributed by atoms with van der Waals surface area (Å²) in [6.07, 6.45) is 0. The molecule has 0 aliphatic carbocycles. The molecule has 2 N–H and O–H groups in total. The summed E-state index contributed by atoms with van der Waals surface area (Å²) in [7, 11) is -3.86. The van der Waals surface area contributed by atoms with Gasteiger partial charge in [0, 0.05) is 5.54 Å². The largest absolute Gasteiger partial charge is 0.481 e. The zero-order chi connectivity index (χ0) is 14.1. The molecular weight excluding hydrogens is 244 g/mol. The number of rotatable bonds is 5. The highest BCUT2D eigenvalue weighted by atomic mass is 32.2. The topological polar surface area (TPSA) is 107 Å². The Morgan fingerprint density at radius 3 is 2.06 bits per heavy atom. The lowest BCUT2D eigenvalue weighted by Gasteiger charge is -2.38. The SMILES string of the molecule is CC(C#N)S(=O)(=O)NC(C)(C)C(C)(C)C(=O)O. The molecule has 0 radical (unpaired) electrons. The number of nitriles is 1. The fourth-order valence-corrected chi connectivity index (χ4v) is 2.19. The van der Waals surface area contributed by atoms with E-state index in [0.29, 0.717) is 0 Å². The number of nitrogens with zero attached hydrogens (tertiary/aromatic N) is 1. The number of carbonyl (C=O) groups is 1. The summed E-state index contributed by atoms with van der Waals surface area (Å²) in [6.45, 7) is 7.04. The van der Waals surface area contributed by atoms with Crippen LogP contribution in [0.3, 0.4) is 0 Å². The Balaban J connectivity index is 5.30. The molecule has 0 heterocycles. The molecule has 0 spiro atoms. The summed E-state index contributed by atoms with van der Waals surface area (Å²) in [6, 6.07) is 1.61. The van der Waals surface area contributed by atoms with Crippen LogP contribution in [0.4, 0.5) is 0 Å². The predicted molar refractivity (Wildman–Crippen MR) is 62.6 cm³/mol. The van der Waals surface area contributed by atoms with Crippen LogP contribution in [0.25, 0.3) is 0 Å². The van der Waals surface area contributed by atoms with E-state index in [-0.39, 0.29) is 0 Å². The van der Waals surface area contributed by atoms with Crippen LogP contribution in [0.15, 0.2) is 0 Å². The minimum Gasteiger partial charge on any atom is -0.481 e. The molecule has 0 saturated carbocycles. The van der Waals surface area contributed by atoms with Gasteiger partial charge in [-0.3, -0.25) is 4.79 Å². The third-order valence-corrected chi connectivity index (χ3v) is 4.97. The molecule has 0 aromatic rings. The van der Waals surface area contributed by atoms with Gasteiger partial charge in [0.15, 0.2) is 5.25 Å². The molecule has 0 fully saturated rings. The molecule has 1 unspecified atom stereocenters. The average molecular weight is 262 g/mol. The van der Waals surface area contributed by atoms with Crippen molar-refractivity contribution in [1.29, 1.82) is 5.26 Å². The Bertz CT molecular complexity index is 445. The molecule has 0 aromatic heterocycles. The molecule has 98 valence electrons. The number of nitrogens with one attached hydrogen (secondary N) is 1. The molecule has 0 aliphatic rings. The van der Waals surface area contributed by atoms with E-state index in [1.54, 1.807) is 6.07 Å². The molecule has 1 atom stereocenters. The van der Waals surface area contributed by atoms with Crippen LogP contribution in [0.5, 0.6) is 0 Å². The maximum absolute atomic E-state index is 11.7. The van der Waals surface area contributed by atoms with Gasteiger partial charge in [-0.2, -0.15) is 5.26 Å². The molecule has 6 nitrogen and oxygen atoms in total. The third-order valence-electron chi connectivity index (χ3n) is 3.14. The van der Waals surface area contributed by atoms with Gasteiger partial charge in [-0.15, -0.1) is 0 Å². The minimum atomic E-state index is -3.86. The molecule has 7 heteroatoms. The molecule has 0 aliphatic heterocycles. The van der Waals surface area contributed by atoms with E-state index >= 15 is 0 Å². The van der Waals surface area contributed by atoms with Crippen molar-refractivity contribution in [3.63, 3.8) is 0 Å². The highest BCUT2D eigenvalue weighted by Crippen LogP contribution is 2.31. The smallest absolute Gasteiger partial charge is 0.310 e. The van der Waals surface area contributed by atoms with Crippen LogP contribution in [0, 0.1) is 16.7 Å². The van der Waals surface area contributed by atoms with E-state index in [4.69, 9.17) is 10.4 Å². The van der Waals surface area contributed by atoms with E-state index in [1.807, 2.05) is 0 Å². The second-order valence-electron chi connectivity index (χ2n) is 4.97.